The molecule has 8 nitrogen and oxygen atoms in total. The number of hydrogen-bond acceptors (Lipinski definition) is 6. The molecular weight excluding hydrogens is 491 g/mol. The number of halogens is 3. The highest BCUT2D eigenvalue weighted by molar-refractivity contribution is 5.99. The van der Waals surface area contributed by atoms with Gasteiger partial charge in [0.2, 0.25) is 5.91 Å². The summed E-state index contributed by atoms with van der Waals surface area (Å²) in [5, 5.41) is 15.5. The van der Waals surface area contributed by atoms with E-state index in [1.165, 1.54) is 12.1 Å². The van der Waals surface area contributed by atoms with Gasteiger partial charge < -0.3 is 30.1 Å². The van der Waals surface area contributed by atoms with E-state index in [1.807, 2.05) is 20.9 Å². The first-order chi connectivity index (χ1) is 17.4. The van der Waals surface area contributed by atoms with Crippen LogP contribution in [0.4, 0.5) is 18.9 Å². The second kappa shape index (κ2) is 14.5. The van der Waals surface area contributed by atoms with Crippen LogP contribution in [0.5, 0.6) is 5.75 Å². The molecule has 0 bridgehead atoms. The molecule has 1 aromatic carbocycles. The van der Waals surface area contributed by atoms with Crippen molar-refractivity contribution in [2.45, 2.75) is 77.3 Å². The number of likely N-dealkylation sites (N-methyl/N-ethyl adjacent to an activating group) is 1. The molecule has 0 saturated heterocycles. The average Bonchev–Trinajstić information content (AvgIpc) is 2.84. The molecule has 1 aliphatic rings. The van der Waals surface area contributed by atoms with Crippen molar-refractivity contribution >= 4 is 17.5 Å². The lowest BCUT2D eigenvalue weighted by atomic mass is 10.0. The van der Waals surface area contributed by atoms with Gasteiger partial charge >= 0.3 is 6.18 Å². The van der Waals surface area contributed by atoms with Gasteiger partial charge in [0.15, 0.2) is 0 Å². The number of carbonyl (C=O) groups is 2. The Labute approximate surface area is 216 Å². The molecule has 0 radical (unpaired) electrons. The number of alkyl halides is 3. The molecule has 1 aliphatic heterocycles. The molecule has 11 heteroatoms. The van der Waals surface area contributed by atoms with E-state index in [-0.39, 0.29) is 36.0 Å². The maximum atomic E-state index is 13.8. The lowest BCUT2D eigenvalue weighted by molar-refractivity contribution is -0.142. The fourth-order valence-electron chi connectivity index (χ4n) is 4.17. The molecule has 2 rings (SSSR count). The zero-order valence-electron chi connectivity index (χ0n) is 22.1. The Morgan fingerprint density at radius 1 is 1.27 bits per heavy atom. The van der Waals surface area contributed by atoms with Crippen LogP contribution in [-0.2, 0) is 9.53 Å². The van der Waals surface area contributed by atoms with Crippen molar-refractivity contribution in [3.63, 3.8) is 0 Å². The molecule has 3 N–H and O–H groups in total. The number of fused-ring (bicyclic) bond motifs is 1. The van der Waals surface area contributed by atoms with Crippen LogP contribution in [-0.4, -0.2) is 79.6 Å². The Kier molecular flexibility index (Phi) is 12.1. The van der Waals surface area contributed by atoms with Gasteiger partial charge in [-0.25, -0.2) is 0 Å². The van der Waals surface area contributed by atoms with Crippen LogP contribution in [0, 0.1) is 5.92 Å². The molecule has 0 saturated carbocycles. The number of anilines is 1. The van der Waals surface area contributed by atoms with Gasteiger partial charge in [0.25, 0.3) is 5.91 Å². The normalized spacial score (nSPS) is 23.0. The number of carbonyl (C=O) groups excluding carboxylic acids is 2. The van der Waals surface area contributed by atoms with Crippen LogP contribution >= 0.6 is 0 Å². The predicted octanol–water partition coefficient (Wildman–Crippen LogP) is 3.98. The molecule has 0 aliphatic carbocycles. The highest BCUT2D eigenvalue weighted by atomic mass is 19.4. The maximum absolute atomic E-state index is 13.8. The van der Waals surface area contributed by atoms with E-state index in [4.69, 9.17) is 9.47 Å². The minimum Gasteiger partial charge on any atom is -0.490 e. The summed E-state index contributed by atoms with van der Waals surface area (Å²) in [5.41, 5.74) is 0.355. The van der Waals surface area contributed by atoms with E-state index in [2.05, 4.69) is 10.6 Å². The summed E-state index contributed by atoms with van der Waals surface area (Å²) in [6.07, 6.45) is -4.31. The molecule has 2 amide bonds. The smallest absolute Gasteiger partial charge is 0.389 e. The number of benzene rings is 1. The largest absolute Gasteiger partial charge is 0.490 e. The Balaban J connectivity index is 2.42. The van der Waals surface area contributed by atoms with Crippen LogP contribution in [0.15, 0.2) is 18.2 Å². The van der Waals surface area contributed by atoms with E-state index in [1.54, 1.807) is 17.9 Å². The standard InChI is InChI=1S/C26H40F3N3O5/c1-17-15-32(18(2)16-33)25(35)21-13-20(31-24(34)10-11-26(27,28)29)8-9-22(21)37-19(3)7-5-6-12-36-23(17)14-30-4/h8-9,13,17-19,23,30,33H,5-7,10-12,14-16H2,1-4H3,(H,31,34)/t17-,18+,19-,23+/m1/s1. The fourth-order valence-corrected chi connectivity index (χ4v) is 4.17. The third-order valence-corrected chi connectivity index (χ3v) is 6.38. The summed E-state index contributed by atoms with van der Waals surface area (Å²) in [6.45, 7) is 6.82. The first-order valence-electron chi connectivity index (χ1n) is 12.8. The van der Waals surface area contributed by atoms with Gasteiger partial charge in [0.1, 0.15) is 5.75 Å². The molecule has 0 aromatic heterocycles. The van der Waals surface area contributed by atoms with Crippen LogP contribution in [0.3, 0.4) is 0 Å². The minimum atomic E-state index is -4.44. The lowest BCUT2D eigenvalue weighted by Gasteiger charge is -2.34. The van der Waals surface area contributed by atoms with E-state index in [0.29, 0.717) is 25.4 Å². The zero-order chi connectivity index (χ0) is 27.6. The molecule has 0 fully saturated rings. The summed E-state index contributed by atoms with van der Waals surface area (Å²) in [5.74, 6) is -0.973. The van der Waals surface area contributed by atoms with Crippen molar-refractivity contribution in [2.75, 3.05) is 38.7 Å². The van der Waals surface area contributed by atoms with Crippen molar-refractivity contribution in [3.8, 4) is 5.75 Å². The summed E-state index contributed by atoms with van der Waals surface area (Å²) in [6, 6.07) is 3.96. The lowest BCUT2D eigenvalue weighted by Crippen LogP contribution is -2.47. The van der Waals surface area contributed by atoms with Gasteiger partial charge in [-0.05, 0) is 58.4 Å². The molecule has 210 valence electrons. The van der Waals surface area contributed by atoms with Gasteiger partial charge in [-0.15, -0.1) is 0 Å². The quantitative estimate of drug-likeness (QED) is 0.492. The monoisotopic (exact) mass is 531 g/mol. The number of nitrogens with zero attached hydrogens (tertiary/aromatic N) is 1. The van der Waals surface area contributed by atoms with Gasteiger partial charge in [0.05, 0.1) is 36.8 Å². The molecule has 4 atom stereocenters. The molecule has 37 heavy (non-hydrogen) atoms. The summed E-state index contributed by atoms with van der Waals surface area (Å²) >= 11 is 0. The fraction of sp³-hybridized carbons (Fsp3) is 0.692. The van der Waals surface area contributed by atoms with E-state index >= 15 is 0 Å². The Morgan fingerprint density at radius 2 is 2.00 bits per heavy atom. The number of nitrogens with one attached hydrogen (secondary N) is 2. The number of ether oxygens (including phenoxy) is 2. The highest BCUT2D eigenvalue weighted by Crippen LogP contribution is 2.29. The number of aliphatic hydroxyl groups is 1. The van der Waals surface area contributed by atoms with Crippen molar-refractivity contribution in [2.24, 2.45) is 5.92 Å². The van der Waals surface area contributed by atoms with Crippen LogP contribution < -0.4 is 15.4 Å². The number of amides is 2. The number of rotatable bonds is 7. The third kappa shape index (κ3) is 10.1. The SMILES string of the molecule is CNC[C@@H]1OCCCC[C@@H](C)Oc2ccc(NC(=O)CCC(F)(F)F)cc2C(=O)N([C@@H](C)CO)C[C@H]1C. The van der Waals surface area contributed by atoms with Crippen molar-refractivity contribution in [1.29, 1.82) is 0 Å². The Morgan fingerprint density at radius 3 is 2.65 bits per heavy atom. The van der Waals surface area contributed by atoms with Crippen molar-refractivity contribution in [3.05, 3.63) is 23.8 Å². The predicted molar refractivity (Wildman–Crippen MR) is 135 cm³/mol. The van der Waals surface area contributed by atoms with Crippen LogP contribution in [0.1, 0.15) is 63.2 Å². The Bertz CT molecular complexity index is 884. The first-order valence-corrected chi connectivity index (χ1v) is 12.8. The minimum absolute atomic E-state index is 0.0677. The van der Waals surface area contributed by atoms with Gasteiger partial charge in [-0.3, -0.25) is 9.59 Å². The zero-order valence-corrected chi connectivity index (χ0v) is 22.1. The summed E-state index contributed by atoms with van der Waals surface area (Å²) in [7, 11) is 1.83. The topological polar surface area (TPSA) is 100 Å². The molecule has 1 aromatic rings. The molecule has 0 spiro atoms. The maximum Gasteiger partial charge on any atom is 0.389 e. The number of aliphatic hydroxyl groups excluding tert-OH is 1. The summed E-state index contributed by atoms with van der Waals surface area (Å²) in [4.78, 5) is 27.5. The highest BCUT2D eigenvalue weighted by Gasteiger charge is 2.30. The van der Waals surface area contributed by atoms with Crippen molar-refractivity contribution < 1.29 is 37.3 Å². The summed E-state index contributed by atoms with van der Waals surface area (Å²) < 4.78 is 49.8. The molecular formula is C26H40F3N3O5. The second-order valence-electron chi connectivity index (χ2n) is 9.73. The van der Waals surface area contributed by atoms with E-state index in [9.17, 15) is 27.9 Å². The van der Waals surface area contributed by atoms with Crippen molar-refractivity contribution in [1.82, 2.24) is 10.2 Å². The van der Waals surface area contributed by atoms with Crippen LogP contribution in [0.2, 0.25) is 0 Å². The molecule has 0 unspecified atom stereocenters. The molecule has 1 heterocycles. The van der Waals surface area contributed by atoms with Crippen LogP contribution in [0.25, 0.3) is 0 Å². The van der Waals surface area contributed by atoms with Gasteiger partial charge in [0, 0.05) is 37.7 Å². The third-order valence-electron chi connectivity index (χ3n) is 6.38. The van der Waals surface area contributed by atoms with Gasteiger partial charge in [-0.1, -0.05) is 6.92 Å². The Hall–Kier alpha value is -2.37. The number of hydrogen-bond donors (Lipinski definition) is 3. The second-order valence-corrected chi connectivity index (χ2v) is 9.73. The van der Waals surface area contributed by atoms with E-state index in [0.717, 1.165) is 19.3 Å². The first kappa shape index (κ1) is 30.9. The van der Waals surface area contributed by atoms with Gasteiger partial charge in [-0.2, -0.15) is 13.2 Å². The average molecular weight is 532 g/mol. The van der Waals surface area contributed by atoms with E-state index < -0.39 is 36.9 Å².